The van der Waals surface area contributed by atoms with Gasteiger partial charge in [-0.2, -0.15) is 10.2 Å². The van der Waals surface area contributed by atoms with Gasteiger partial charge in [-0.25, -0.2) is 0 Å². The molecule has 0 N–H and O–H groups in total. The van der Waals surface area contributed by atoms with Crippen molar-refractivity contribution < 1.29 is 28.1 Å². The zero-order chi connectivity index (χ0) is 36.9. The molecule has 2 aliphatic rings. The lowest BCUT2D eigenvalue weighted by Crippen LogP contribution is -2.45. The zero-order valence-electron chi connectivity index (χ0n) is 32.5. The zero-order valence-corrected chi connectivity index (χ0v) is 32.5. The number of methoxy groups -OCH3 is 1. The first kappa shape index (κ1) is 37.2. The highest BCUT2D eigenvalue weighted by molar-refractivity contribution is 6.63. The predicted molar refractivity (Wildman–Crippen MR) is 202 cm³/mol. The van der Waals surface area contributed by atoms with Crippen molar-refractivity contribution in [2.24, 2.45) is 0 Å². The highest BCUT2D eigenvalue weighted by Crippen LogP contribution is 2.41. The maximum absolute atomic E-state index is 6.93. The van der Waals surface area contributed by atoms with Crippen molar-refractivity contribution in [2.75, 3.05) is 13.7 Å². The molecule has 0 saturated carbocycles. The van der Waals surface area contributed by atoms with Crippen molar-refractivity contribution in [3.63, 3.8) is 0 Å². The highest BCUT2D eigenvalue weighted by atomic mass is 16.7. The average molecular weight is 697 g/mol. The van der Waals surface area contributed by atoms with Crippen molar-refractivity contribution >= 4 is 25.2 Å². The normalized spacial score (nSPS) is 20.7. The maximum atomic E-state index is 6.93. The fraction of sp³-hybridized carbons (Fsp3) is 0.538. The van der Waals surface area contributed by atoms with Gasteiger partial charge in [-0.15, -0.1) is 0 Å². The second-order valence-corrected chi connectivity index (χ2v) is 15.7. The van der Waals surface area contributed by atoms with Crippen LogP contribution in [0.4, 0.5) is 0 Å². The second kappa shape index (κ2) is 13.8. The van der Waals surface area contributed by atoms with E-state index in [4.69, 9.17) is 38.3 Å². The van der Waals surface area contributed by atoms with Crippen molar-refractivity contribution in [1.82, 2.24) is 19.6 Å². The molecule has 12 heteroatoms. The van der Waals surface area contributed by atoms with Gasteiger partial charge in [0, 0.05) is 22.3 Å². The van der Waals surface area contributed by atoms with E-state index in [0.29, 0.717) is 32.5 Å². The first-order chi connectivity index (χ1) is 24.0. The lowest BCUT2D eigenvalue weighted by molar-refractivity contribution is -0.0153. The number of nitrogens with zero attached hydrogens (tertiary/aromatic N) is 4. The minimum absolute atomic E-state index is 0.480. The first-order valence-electron chi connectivity index (χ1n) is 18.1. The van der Waals surface area contributed by atoms with Gasteiger partial charge in [0.2, 0.25) is 0 Å². The number of aryl methyl sites for hydroxylation is 2. The Kier molecular flexibility index (Phi) is 10.0. The molecule has 6 rings (SSSR count). The molecule has 0 amide bonds. The molecule has 4 heterocycles. The van der Waals surface area contributed by atoms with Crippen LogP contribution in [0.5, 0.6) is 11.5 Å². The Labute approximate surface area is 304 Å². The number of aromatic nitrogens is 4. The van der Waals surface area contributed by atoms with Crippen LogP contribution in [0.1, 0.15) is 95.7 Å². The molecule has 2 aliphatic heterocycles. The van der Waals surface area contributed by atoms with Crippen LogP contribution in [0.3, 0.4) is 0 Å². The summed E-state index contributed by atoms with van der Waals surface area (Å²) >= 11 is 0. The minimum Gasteiger partial charge on any atom is -0.497 e. The third kappa shape index (κ3) is 7.12. The quantitative estimate of drug-likeness (QED) is 0.174. The predicted octanol–water partition coefficient (Wildman–Crippen LogP) is 5.72. The number of rotatable bonds is 12. The molecule has 2 saturated heterocycles. The summed E-state index contributed by atoms with van der Waals surface area (Å²) in [5.74, 6) is 1.68. The van der Waals surface area contributed by atoms with E-state index < -0.39 is 36.6 Å². The molecule has 0 radical (unpaired) electrons. The number of benzene rings is 2. The molecule has 0 aliphatic carbocycles. The molecule has 10 nitrogen and oxygen atoms in total. The Balaban J connectivity index is 1.26. The minimum atomic E-state index is -0.623. The molecule has 0 spiro atoms. The van der Waals surface area contributed by atoms with Crippen LogP contribution in [0.15, 0.2) is 48.5 Å². The van der Waals surface area contributed by atoms with Gasteiger partial charge >= 0.3 is 14.2 Å². The fourth-order valence-corrected chi connectivity index (χ4v) is 7.08. The summed E-state index contributed by atoms with van der Waals surface area (Å²) in [6.07, 6.45) is 1.32. The van der Waals surface area contributed by atoms with E-state index in [2.05, 4.69) is 85.2 Å². The van der Waals surface area contributed by atoms with Crippen molar-refractivity contribution in [3.05, 3.63) is 82.4 Å². The lowest BCUT2D eigenvalue weighted by Gasteiger charge is -2.36. The molecule has 2 fully saturated rings. The van der Waals surface area contributed by atoms with Crippen LogP contribution in [0.25, 0.3) is 0 Å². The van der Waals surface area contributed by atoms with Gasteiger partial charge < -0.3 is 28.1 Å². The topological polar surface area (TPSA) is 91.0 Å². The molecule has 2 aromatic heterocycles. The Morgan fingerprint density at radius 1 is 0.686 bits per heavy atom. The third-order valence-electron chi connectivity index (χ3n) is 11.4. The van der Waals surface area contributed by atoms with Crippen molar-refractivity contribution in [2.45, 2.75) is 124 Å². The number of hydrogen-bond donors (Lipinski definition) is 0. The van der Waals surface area contributed by atoms with E-state index >= 15 is 0 Å². The van der Waals surface area contributed by atoms with E-state index in [9.17, 15) is 0 Å². The monoisotopic (exact) mass is 696 g/mol. The highest BCUT2D eigenvalue weighted by Gasteiger charge is 2.56. The SMILES string of the molecule is CCOc1cccc(Cn2nc(C)c(B3OC(C)(C)C(C)(CCc4nn(Cc5cccc(OC)c5)c(C)c4B4OC(C)(C)C(C)(C)O4)O3)c2C)c1. The lowest BCUT2D eigenvalue weighted by atomic mass is 9.75. The van der Waals surface area contributed by atoms with Crippen molar-refractivity contribution in [1.29, 1.82) is 0 Å². The van der Waals surface area contributed by atoms with Gasteiger partial charge in [0.15, 0.2) is 0 Å². The van der Waals surface area contributed by atoms with Crippen LogP contribution >= 0.6 is 0 Å². The average Bonchev–Trinajstić information content (AvgIpc) is 3.67. The van der Waals surface area contributed by atoms with Gasteiger partial charge in [0.1, 0.15) is 11.5 Å². The number of ether oxygens (including phenoxy) is 2. The molecule has 272 valence electrons. The summed E-state index contributed by atoms with van der Waals surface area (Å²) < 4.78 is 42.2. The van der Waals surface area contributed by atoms with Crippen LogP contribution in [0, 0.1) is 20.8 Å². The Morgan fingerprint density at radius 2 is 1.22 bits per heavy atom. The summed E-state index contributed by atoms with van der Waals surface area (Å²) in [6.45, 7) is 24.8. The van der Waals surface area contributed by atoms with Gasteiger partial charge in [-0.1, -0.05) is 24.3 Å². The van der Waals surface area contributed by atoms with Crippen LogP contribution in [-0.2, 0) is 38.1 Å². The molecular weight excluding hydrogens is 642 g/mol. The Bertz CT molecular complexity index is 1870. The standard InChI is InChI=1S/C39H54B2N4O6/c1-13-47-32-19-15-17-30(23-32)24-44-27(3)34(26(2)42-44)40-50-38(9,10)39(11,51-40)21-20-33-35(41-48-36(5,6)37(7,8)49-41)28(4)45(43-33)25-29-16-14-18-31(22-29)46-12/h14-19,22-23H,13,20-21,24-25H2,1-12H3. The van der Waals surface area contributed by atoms with Gasteiger partial charge in [-0.3, -0.25) is 9.36 Å². The molecule has 2 aromatic carbocycles. The Morgan fingerprint density at radius 3 is 1.82 bits per heavy atom. The van der Waals surface area contributed by atoms with E-state index in [0.717, 1.165) is 56.3 Å². The second-order valence-electron chi connectivity index (χ2n) is 15.7. The smallest absolute Gasteiger partial charge is 0.497 e. The molecule has 51 heavy (non-hydrogen) atoms. The molecule has 0 bridgehead atoms. The van der Waals surface area contributed by atoms with Gasteiger partial charge in [0.25, 0.3) is 0 Å². The summed E-state index contributed by atoms with van der Waals surface area (Å²) in [5, 5.41) is 10.1. The summed E-state index contributed by atoms with van der Waals surface area (Å²) in [6, 6.07) is 16.3. The first-order valence-corrected chi connectivity index (χ1v) is 18.1. The molecule has 4 aromatic rings. The summed E-state index contributed by atoms with van der Waals surface area (Å²) in [7, 11) is 0.596. The van der Waals surface area contributed by atoms with Crippen LogP contribution < -0.4 is 20.4 Å². The van der Waals surface area contributed by atoms with Gasteiger partial charge in [0.05, 0.1) is 60.6 Å². The third-order valence-corrected chi connectivity index (χ3v) is 11.4. The van der Waals surface area contributed by atoms with E-state index in [1.54, 1.807) is 7.11 Å². The largest absolute Gasteiger partial charge is 0.498 e. The molecule has 1 atom stereocenters. The maximum Gasteiger partial charge on any atom is 0.498 e. The fourth-order valence-electron chi connectivity index (χ4n) is 7.08. The van der Waals surface area contributed by atoms with Crippen LogP contribution in [0.2, 0.25) is 0 Å². The molecular formula is C39H54B2N4O6. The van der Waals surface area contributed by atoms with Gasteiger partial charge in [-0.05, 0) is 124 Å². The summed E-state index contributed by atoms with van der Waals surface area (Å²) in [5.41, 5.74) is 5.88. The Hall–Kier alpha value is -3.57. The number of hydrogen-bond acceptors (Lipinski definition) is 8. The van der Waals surface area contributed by atoms with E-state index in [1.807, 2.05) is 48.9 Å². The summed E-state index contributed by atoms with van der Waals surface area (Å²) in [4.78, 5) is 0. The van der Waals surface area contributed by atoms with E-state index in [-0.39, 0.29) is 0 Å². The van der Waals surface area contributed by atoms with Crippen LogP contribution in [-0.4, -0.2) is 69.9 Å². The van der Waals surface area contributed by atoms with E-state index in [1.165, 1.54) is 0 Å². The molecule has 1 unspecified atom stereocenters. The van der Waals surface area contributed by atoms with Crippen molar-refractivity contribution in [3.8, 4) is 11.5 Å².